The fourth-order valence-corrected chi connectivity index (χ4v) is 4.14. The van der Waals surface area contributed by atoms with Gasteiger partial charge in [0, 0.05) is 22.2 Å². The van der Waals surface area contributed by atoms with Gasteiger partial charge in [-0.2, -0.15) is 0 Å². The van der Waals surface area contributed by atoms with Crippen molar-refractivity contribution in [2.45, 2.75) is 18.9 Å². The summed E-state index contributed by atoms with van der Waals surface area (Å²) in [6.07, 6.45) is 2.07. The molecule has 2 N–H and O–H groups in total. The zero-order chi connectivity index (χ0) is 20.5. The summed E-state index contributed by atoms with van der Waals surface area (Å²) < 4.78 is 11.2. The molecule has 1 aromatic heterocycles. The number of hydrogen-bond acceptors (Lipinski definition) is 5. The van der Waals surface area contributed by atoms with Crippen LogP contribution in [0.5, 0.6) is 11.5 Å². The molecule has 2 aliphatic rings. The molecule has 152 valence electrons. The summed E-state index contributed by atoms with van der Waals surface area (Å²) in [7, 11) is 0. The van der Waals surface area contributed by atoms with Crippen molar-refractivity contribution in [1.29, 1.82) is 0 Å². The van der Waals surface area contributed by atoms with E-state index >= 15 is 0 Å². The molecule has 0 unspecified atom stereocenters. The van der Waals surface area contributed by atoms with Crippen LogP contribution in [0.4, 0.5) is 5.69 Å². The standard InChI is InChI=1S/C23H20N2O4S/c26-22(24-16-5-6-16)15-2-1-3-17(12-15)25-23(27)21-9-8-20(30-21)14-4-7-18-19(13-14)29-11-10-28-18/h1-4,7-9,12-13,16H,5-6,10-11H2,(H,24,26)(H,25,27). The number of thiophene rings is 1. The van der Waals surface area contributed by atoms with Gasteiger partial charge in [0.1, 0.15) is 13.2 Å². The zero-order valence-corrected chi connectivity index (χ0v) is 17.0. The molecule has 1 aliphatic carbocycles. The number of fused-ring (bicyclic) bond motifs is 1. The molecule has 5 rings (SSSR count). The molecule has 0 saturated heterocycles. The Hall–Kier alpha value is -3.32. The van der Waals surface area contributed by atoms with E-state index in [9.17, 15) is 9.59 Å². The third-order valence-corrected chi connectivity index (χ3v) is 6.08. The van der Waals surface area contributed by atoms with Crippen molar-refractivity contribution in [3.05, 3.63) is 65.0 Å². The number of hydrogen-bond donors (Lipinski definition) is 2. The number of carbonyl (C=O) groups excluding carboxylic acids is 2. The van der Waals surface area contributed by atoms with Crippen LogP contribution in [0, 0.1) is 0 Å². The first-order valence-electron chi connectivity index (χ1n) is 9.88. The Bertz CT molecular complexity index is 1120. The highest BCUT2D eigenvalue weighted by molar-refractivity contribution is 7.17. The number of benzene rings is 2. The topological polar surface area (TPSA) is 76.7 Å². The van der Waals surface area contributed by atoms with Gasteiger partial charge >= 0.3 is 0 Å². The van der Waals surface area contributed by atoms with E-state index in [1.54, 1.807) is 30.3 Å². The van der Waals surface area contributed by atoms with Crippen LogP contribution in [0.15, 0.2) is 54.6 Å². The van der Waals surface area contributed by atoms with Crippen molar-refractivity contribution in [3.8, 4) is 21.9 Å². The number of ether oxygens (including phenoxy) is 2. The molecule has 6 nitrogen and oxygen atoms in total. The van der Waals surface area contributed by atoms with E-state index in [1.807, 2.05) is 24.3 Å². The van der Waals surface area contributed by atoms with Crippen LogP contribution in [0.3, 0.4) is 0 Å². The summed E-state index contributed by atoms with van der Waals surface area (Å²) in [6.45, 7) is 1.09. The van der Waals surface area contributed by atoms with Gasteiger partial charge in [-0.3, -0.25) is 9.59 Å². The highest BCUT2D eigenvalue weighted by Gasteiger charge is 2.24. The zero-order valence-electron chi connectivity index (χ0n) is 16.1. The minimum atomic E-state index is -0.205. The van der Waals surface area contributed by atoms with Gasteiger partial charge in [0.2, 0.25) is 0 Å². The summed E-state index contributed by atoms with van der Waals surface area (Å²) >= 11 is 1.40. The Labute approximate surface area is 177 Å². The second-order valence-corrected chi connectivity index (χ2v) is 8.39. The maximum Gasteiger partial charge on any atom is 0.265 e. The van der Waals surface area contributed by atoms with Crippen LogP contribution in [0.2, 0.25) is 0 Å². The van der Waals surface area contributed by atoms with Crippen molar-refractivity contribution in [2.24, 2.45) is 0 Å². The third kappa shape index (κ3) is 4.02. The normalized spacial score (nSPS) is 14.8. The van der Waals surface area contributed by atoms with Gasteiger partial charge in [0.05, 0.1) is 4.88 Å². The minimum absolute atomic E-state index is 0.106. The number of anilines is 1. The monoisotopic (exact) mass is 420 g/mol. The molecule has 1 saturated carbocycles. The Morgan fingerprint density at radius 3 is 2.57 bits per heavy atom. The molecule has 30 heavy (non-hydrogen) atoms. The Kier molecular flexibility index (Phi) is 4.88. The molecular formula is C23H20N2O4S. The molecule has 0 bridgehead atoms. The summed E-state index contributed by atoms with van der Waals surface area (Å²) in [5.41, 5.74) is 2.11. The van der Waals surface area contributed by atoms with Gasteiger partial charge in [0.15, 0.2) is 11.5 Å². The lowest BCUT2D eigenvalue weighted by Gasteiger charge is -2.18. The van der Waals surface area contributed by atoms with Gasteiger partial charge in [-0.25, -0.2) is 0 Å². The Balaban J connectivity index is 1.29. The Morgan fingerprint density at radius 2 is 1.73 bits per heavy atom. The van der Waals surface area contributed by atoms with E-state index in [1.165, 1.54) is 11.3 Å². The van der Waals surface area contributed by atoms with E-state index < -0.39 is 0 Å². The molecule has 0 atom stereocenters. The van der Waals surface area contributed by atoms with Crippen LogP contribution >= 0.6 is 11.3 Å². The second-order valence-electron chi connectivity index (χ2n) is 7.30. The van der Waals surface area contributed by atoms with Gasteiger partial charge in [-0.05, 0) is 66.9 Å². The SMILES string of the molecule is O=C(NC1CC1)c1cccc(NC(=O)c2ccc(-c3ccc4c(c3)OCCO4)s2)c1. The quantitative estimate of drug-likeness (QED) is 0.644. The highest BCUT2D eigenvalue weighted by atomic mass is 32.1. The lowest BCUT2D eigenvalue weighted by atomic mass is 10.1. The first-order chi connectivity index (χ1) is 14.7. The van der Waals surface area contributed by atoms with E-state index in [4.69, 9.17) is 9.47 Å². The lowest BCUT2D eigenvalue weighted by Crippen LogP contribution is -2.25. The van der Waals surface area contributed by atoms with E-state index in [-0.39, 0.29) is 11.8 Å². The minimum Gasteiger partial charge on any atom is -0.486 e. The van der Waals surface area contributed by atoms with Crippen molar-refractivity contribution in [1.82, 2.24) is 5.32 Å². The number of nitrogens with one attached hydrogen (secondary N) is 2. The lowest BCUT2D eigenvalue weighted by molar-refractivity contribution is 0.0949. The molecule has 2 amide bonds. The summed E-state index contributed by atoms with van der Waals surface area (Å²) in [5, 5.41) is 5.84. The maximum atomic E-state index is 12.7. The number of rotatable bonds is 5. The van der Waals surface area contributed by atoms with Crippen LogP contribution in [-0.2, 0) is 0 Å². The molecule has 7 heteroatoms. The molecule has 1 aliphatic heterocycles. The first kappa shape index (κ1) is 18.7. The fraction of sp³-hybridized carbons (Fsp3) is 0.217. The number of carbonyl (C=O) groups is 2. The fourth-order valence-electron chi connectivity index (χ4n) is 3.24. The molecular weight excluding hydrogens is 400 g/mol. The average molecular weight is 420 g/mol. The largest absolute Gasteiger partial charge is 0.486 e. The van der Waals surface area contributed by atoms with Gasteiger partial charge < -0.3 is 20.1 Å². The van der Waals surface area contributed by atoms with Crippen molar-refractivity contribution in [3.63, 3.8) is 0 Å². The van der Waals surface area contributed by atoms with E-state index in [0.717, 1.165) is 34.8 Å². The van der Waals surface area contributed by atoms with E-state index in [0.29, 0.717) is 35.4 Å². The Morgan fingerprint density at radius 1 is 0.900 bits per heavy atom. The number of amides is 2. The summed E-state index contributed by atoms with van der Waals surface area (Å²) in [6, 6.07) is 16.8. The molecule has 1 fully saturated rings. The predicted molar refractivity (Wildman–Crippen MR) is 116 cm³/mol. The van der Waals surface area contributed by atoms with Crippen molar-refractivity contribution in [2.75, 3.05) is 18.5 Å². The predicted octanol–water partition coefficient (Wildman–Crippen LogP) is 4.33. The van der Waals surface area contributed by atoms with Crippen LogP contribution in [0.25, 0.3) is 10.4 Å². The van der Waals surface area contributed by atoms with Crippen molar-refractivity contribution < 1.29 is 19.1 Å². The van der Waals surface area contributed by atoms with Gasteiger partial charge in [-0.15, -0.1) is 11.3 Å². The van der Waals surface area contributed by atoms with Crippen LogP contribution in [-0.4, -0.2) is 31.1 Å². The van der Waals surface area contributed by atoms with Crippen LogP contribution in [0.1, 0.15) is 32.9 Å². The molecule has 3 aromatic rings. The second kappa shape index (κ2) is 7.84. The van der Waals surface area contributed by atoms with Gasteiger partial charge in [-0.1, -0.05) is 6.07 Å². The molecule has 2 heterocycles. The highest BCUT2D eigenvalue weighted by Crippen LogP contribution is 2.37. The van der Waals surface area contributed by atoms with Crippen LogP contribution < -0.4 is 20.1 Å². The average Bonchev–Trinajstić information content (AvgIpc) is 3.44. The summed E-state index contributed by atoms with van der Waals surface area (Å²) in [5.74, 6) is 1.15. The van der Waals surface area contributed by atoms with E-state index in [2.05, 4.69) is 10.6 Å². The summed E-state index contributed by atoms with van der Waals surface area (Å²) in [4.78, 5) is 26.5. The third-order valence-electron chi connectivity index (χ3n) is 4.95. The molecule has 0 radical (unpaired) electrons. The maximum absolute atomic E-state index is 12.7. The van der Waals surface area contributed by atoms with Crippen molar-refractivity contribution >= 4 is 28.8 Å². The molecule has 2 aromatic carbocycles. The molecule has 0 spiro atoms. The first-order valence-corrected chi connectivity index (χ1v) is 10.7. The smallest absolute Gasteiger partial charge is 0.265 e. The van der Waals surface area contributed by atoms with Gasteiger partial charge in [0.25, 0.3) is 11.8 Å².